The van der Waals surface area contributed by atoms with E-state index in [4.69, 9.17) is 11.6 Å². The molecule has 1 aliphatic rings. The van der Waals surface area contributed by atoms with Gasteiger partial charge in [0, 0.05) is 5.39 Å². The molecule has 1 unspecified atom stereocenters. The number of nitrogens with zero attached hydrogens (tertiary/aromatic N) is 1. The Labute approximate surface area is 112 Å². The normalized spacial score (nSPS) is 23.1. The maximum absolute atomic E-state index is 6.27. The number of hydrogen-bond donors (Lipinski definition) is 0. The highest BCUT2D eigenvalue weighted by Gasteiger charge is 2.19. The van der Waals surface area contributed by atoms with Crippen LogP contribution in [-0.4, -0.2) is 9.86 Å². The Morgan fingerprint density at radius 3 is 2.78 bits per heavy atom. The summed E-state index contributed by atoms with van der Waals surface area (Å²) in [5.74, 6) is 0. The van der Waals surface area contributed by atoms with E-state index in [1.54, 1.807) is 0 Å². The zero-order valence-corrected chi connectivity index (χ0v) is 11.0. The molecule has 0 amide bonds. The van der Waals surface area contributed by atoms with Crippen molar-refractivity contribution in [3.8, 4) is 0 Å². The number of pyridine rings is 1. The topological polar surface area (TPSA) is 12.9 Å². The molecule has 0 saturated heterocycles. The Kier molecular flexibility index (Phi) is 2.71. The number of benzene rings is 1. The first-order valence-corrected chi connectivity index (χ1v) is 6.46. The number of alkyl halides is 1. The SMILES string of the molecule is CC1(Cl)C=CC(c2ccc3ccccc3n2)=CC1. The molecule has 3 rings (SSSR count). The molecule has 1 atom stereocenters. The standard InChI is InChI=1S/C16H14ClN/c1-16(17)10-8-13(9-11-16)15-7-6-12-4-2-3-5-14(12)18-15/h2-10H,11H2,1H3. The van der Waals surface area contributed by atoms with E-state index in [9.17, 15) is 0 Å². The molecular weight excluding hydrogens is 242 g/mol. The number of allylic oxidation sites excluding steroid dienone is 4. The van der Waals surface area contributed by atoms with E-state index < -0.39 is 0 Å². The van der Waals surface area contributed by atoms with Gasteiger partial charge in [-0.25, -0.2) is 4.98 Å². The smallest absolute Gasteiger partial charge is 0.0709 e. The highest BCUT2D eigenvalue weighted by molar-refractivity contribution is 6.25. The number of rotatable bonds is 1. The fraction of sp³-hybridized carbons (Fsp3) is 0.188. The van der Waals surface area contributed by atoms with Crippen LogP contribution in [0.5, 0.6) is 0 Å². The Balaban J connectivity index is 2.01. The lowest BCUT2D eigenvalue weighted by Gasteiger charge is -2.20. The van der Waals surface area contributed by atoms with Crippen molar-refractivity contribution in [2.75, 3.05) is 0 Å². The fourth-order valence-electron chi connectivity index (χ4n) is 2.13. The molecule has 1 aromatic heterocycles. The first-order valence-electron chi connectivity index (χ1n) is 6.09. The molecule has 90 valence electrons. The molecule has 2 aromatic rings. The van der Waals surface area contributed by atoms with Gasteiger partial charge in [-0.3, -0.25) is 0 Å². The largest absolute Gasteiger partial charge is 0.248 e. The molecule has 0 N–H and O–H groups in total. The number of para-hydroxylation sites is 1. The van der Waals surface area contributed by atoms with Gasteiger partial charge in [-0.1, -0.05) is 42.5 Å². The second-order valence-electron chi connectivity index (χ2n) is 4.86. The Morgan fingerprint density at radius 1 is 1.17 bits per heavy atom. The summed E-state index contributed by atoms with van der Waals surface area (Å²) in [7, 11) is 0. The third-order valence-electron chi connectivity index (χ3n) is 3.23. The molecule has 1 heterocycles. The van der Waals surface area contributed by atoms with E-state index in [1.165, 1.54) is 5.39 Å². The van der Waals surface area contributed by atoms with Crippen molar-refractivity contribution < 1.29 is 0 Å². The van der Waals surface area contributed by atoms with Crippen LogP contribution >= 0.6 is 11.6 Å². The van der Waals surface area contributed by atoms with Crippen molar-refractivity contribution in [3.63, 3.8) is 0 Å². The van der Waals surface area contributed by atoms with E-state index >= 15 is 0 Å². The fourth-order valence-corrected chi connectivity index (χ4v) is 2.27. The molecule has 2 heteroatoms. The summed E-state index contributed by atoms with van der Waals surface area (Å²) >= 11 is 6.27. The zero-order chi connectivity index (χ0) is 12.6. The lowest BCUT2D eigenvalue weighted by Crippen LogP contribution is -2.13. The third kappa shape index (κ3) is 2.19. The van der Waals surface area contributed by atoms with Gasteiger partial charge < -0.3 is 0 Å². The lowest BCUT2D eigenvalue weighted by molar-refractivity contribution is 0.785. The van der Waals surface area contributed by atoms with Crippen LogP contribution in [0.25, 0.3) is 16.5 Å². The molecule has 1 nitrogen and oxygen atoms in total. The van der Waals surface area contributed by atoms with Crippen molar-refractivity contribution in [1.29, 1.82) is 0 Å². The highest BCUT2D eigenvalue weighted by atomic mass is 35.5. The van der Waals surface area contributed by atoms with Gasteiger partial charge in [0.15, 0.2) is 0 Å². The van der Waals surface area contributed by atoms with Crippen LogP contribution in [0.15, 0.2) is 54.6 Å². The van der Waals surface area contributed by atoms with Crippen molar-refractivity contribution >= 4 is 28.1 Å². The van der Waals surface area contributed by atoms with Gasteiger partial charge in [-0.05, 0) is 31.1 Å². The van der Waals surface area contributed by atoms with Gasteiger partial charge in [0.05, 0.1) is 16.1 Å². The second kappa shape index (κ2) is 4.25. The number of hydrogen-bond acceptors (Lipinski definition) is 1. The monoisotopic (exact) mass is 255 g/mol. The summed E-state index contributed by atoms with van der Waals surface area (Å²) in [6.45, 7) is 2.02. The molecule has 0 fully saturated rings. The summed E-state index contributed by atoms with van der Waals surface area (Å²) < 4.78 is 0. The van der Waals surface area contributed by atoms with Crippen LogP contribution in [-0.2, 0) is 0 Å². The summed E-state index contributed by atoms with van der Waals surface area (Å²) in [4.78, 5) is 4.43. The molecule has 0 saturated carbocycles. The van der Waals surface area contributed by atoms with E-state index in [0.717, 1.165) is 23.2 Å². The predicted octanol–water partition coefficient (Wildman–Crippen LogP) is 4.58. The minimum Gasteiger partial charge on any atom is -0.248 e. The number of fused-ring (bicyclic) bond motifs is 1. The minimum absolute atomic E-state index is 0.250. The van der Waals surface area contributed by atoms with Crippen LogP contribution in [0.2, 0.25) is 0 Å². The summed E-state index contributed by atoms with van der Waals surface area (Å²) in [5.41, 5.74) is 3.19. The molecule has 18 heavy (non-hydrogen) atoms. The number of aromatic nitrogens is 1. The molecule has 0 bridgehead atoms. The Morgan fingerprint density at radius 2 is 2.00 bits per heavy atom. The van der Waals surface area contributed by atoms with E-state index in [1.807, 2.05) is 31.2 Å². The van der Waals surface area contributed by atoms with Crippen molar-refractivity contribution in [1.82, 2.24) is 4.98 Å². The van der Waals surface area contributed by atoms with Gasteiger partial charge in [0.2, 0.25) is 0 Å². The first kappa shape index (κ1) is 11.5. The molecular formula is C16H14ClN. The van der Waals surface area contributed by atoms with E-state index in [0.29, 0.717) is 0 Å². The van der Waals surface area contributed by atoms with E-state index in [2.05, 4.69) is 35.3 Å². The van der Waals surface area contributed by atoms with Crippen molar-refractivity contribution in [2.45, 2.75) is 18.2 Å². The van der Waals surface area contributed by atoms with Gasteiger partial charge in [0.1, 0.15) is 0 Å². The summed E-state index contributed by atoms with van der Waals surface area (Å²) in [6.07, 6.45) is 7.10. The van der Waals surface area contributed by atoms with Crippen LogP contribution in [0.1, 0.15) is 19.0 Å². The maximum atomic E-state index is 6.27. The molecule has 1 aromatic carbocycles. The van der Waals surface area contributed by atoms with Crippen LogP contribution in [0, 0.1) is 0 Å². The van der Waals surface area contributed by atoms with Crippen molar-refractivity contribution in [3.05, 3.63) is 60.3 Å². The lowest BCUT2D eigenvalue weighted by atomic mass is 9.95. The summed E-state index contributed by atoms with van der Waals surface area (Å²) in [5, 5.41) is 1.17. The highest BCUT2D eigenvalue weighted by Crippen LogP contribution is 2.30. The predicted molar refractivity (Wildman–Crippen MR) is 77.7 cm³/mol. The van der Waals surface area contributed by atoms with Gasteiger partial charge >= 0.3 is 0 Å². The minimum atomic E-state index is -0.250. The quantitative estimate of drug-likeness (QED) is 0.680. The zero-order valence-electron chi connectivity index (χ0n) is 10.2. The molecule has 0 spiro atoms. The molecule has 0 aliphatic heterocycles. The second-order valence-corrected chi connectivity index (χ2v) is 5.73. The van der Waals surface area contributed by atoms with Gasteiger partial charge in [-0.2, -0.15) is 0 Å². The average Bonchev–Trinajstić information content (AvgIpc) is 2.38. The van der Waals surface area contributed by atoms with Gasteiger partial charge in [0.25, 0.3) is 0 Å². The van der Waals surface area contributed by atoms with E-state index in [-0.39, 0.29) is 4.87 Å². The Hall–Kier alpha value is -1.60. The maximum Gasteiger partial charge on any atom is 0.0709 e. The average molecular weight is 256 g/mol. The third-order valence-corrected chi connectivity index (χ3v) is 3.51. The summed E-state index contributed by atoms with van der Waals surface area (Å²) in [6, 6.07) is 12.3. The van der Waals surface area contributed by atoms with Gasteiger partial charge in [-0.15, -0.1) is 11.6 Å². The van der Waals surface area contributed by atoms with Crippen LogP contribution in [0.3, 0.4) is 0 Å². The van der Waals surface area contributed by atoms with Crippen LogP contribution in [0.4, 0.5) is 0 Å². The molecule has 0 radical (unpaired) electrons. The van der Waals surface area contributed by atoms with Crippen LogP contribution < -0.4 is 0 Å². The Bertz CT molecular complexity index is 653. The van der Waals surface area contributed by atoms with Crippen molar-refractivity contribution in [2.24, 2.45) is 0 Å². The number of halogens is 1. The first-order chi connectivity index (χ1) is 8.64. The molecule has 1 aliphatic carbocycles.